The van der Waals surface area contributed by atoms with Crippen LogP contribution in [-0.4, -0.2) is 13.2 Å². The molecule has 0 aliphatic carbocycles. The summed E-state index contributed by atoms with van der Waals surface area (Å²) >= 11 is 3.55. The van der Waals surface area contributed by atoms with Gasteiger partial charge < -0.3 is 14.8 Å². The minimum Gasteiger partial charge on any atom is -0.490 e. The third-order valence-corrected chi connectivity index (χ3v) is 4.17. The number of benzene rings is 2. The van der Waals surface area contributed by atoms with E-state index < -0.39 is 0 Å². The molecule has 2 aromatic rings. The van der Waals surface area contributed by atoms with Crippen molar-refractivity contribution in [3.8, 4) is 23.8 Å². The highest BCUT2D eigenvalue weighted by atomic mass is 79.9. The zero-order valence-corrected chi connectivity index (χ0v) is 15.6. The van der Waals surface area contributed by atoms with E-state index in [9.17, 15) is 0 Å². The first kappa shape index (κ1) is 18.4. The Balaban J connectivity index is 2.11. The van der Waals surface area contributed by atoms with Gasteiger partial charge >= 0.3 is 0 Å². The largest absolute Gasteiger partial charge is 0.490 e. The third-order valence-electron chi connectivity index (χ3n) is 3.58. The average molecular weight is 388 g/mol. The number of rotatable bonds is 8. The predicted molar refractivity (Wildman–Crippen MR) is 101 cm³/mol. The molecule has 0 saturated heterocycles. The van der Waals surface area contributed by atoms with E-state index in [0.717, 1.165) is 16.6 Å². The molecular weight excluding hydrogens is 366 g/mol. The van der Waals surface area contributed by atoms with E-state index in [4.69, 9.17) is 15.9 Å². The SMILES string of the molecule is C#CCOc1c(Br)cc(CNC(C)c2ccccc2)cc1OCC. The van der Waals surface area contributed by atoms with Gasteiger partial charge in [0.2, 0.25) is 0 Å². The Kier molecular flexibility index (Phi) is 7.17. The lowest BCUT2D eigenvalue weighted by Gasteiger charge is -2.17. The fraction of sp³-hybridized carbons (Fsp3) is 0.300. The van der Waals surface area contributed by atoms with Gasteiger partial charge in [0.1, 0.15) is 6.61 Å². The van der Waals surface area contributed by atoms with Crippen molar-refractivity contribution in [2.24, 2.45) is 0 Å². The fourth-order valence-corrected chi connectivity index (χ4v) is 2.97. The summed E-state index contributed by atoms with van der Waals surface area (Å²) in [6.45, 7) is 5.60. The second-order valence-corrected chi connectivity index (χ2v) is 6.20. The Morgan fingerprint density at radius 1 is 1.21 bits per heavy atom. The molecular formula is C20H22BrNO2. The number of hydrogen-bond donors (Lipinski definition) is 1. The van der Waals surface area contributed by atoms with Crippen LogP contribution in [-0.2, 0) is 6.54 Å². The van der Waals surface area contributed by atoms with Crippen LogP contribution in [0.15, 0.2) is 46.9 Å². The van der Waals surface area contributed by atoms with E-state index in [1.54, 1.807) is 0 Å². The molecule has 2 rings (SSSR count). The Bertz CT molecular complexity index is 695. The van der Waals surface area contributed by atoms with E-state index in [1.165, 1.54) is 5.56 Å². The molecule has 0 bridgehead atoms. The van der Waals surface area contributed by atoms with Crippen molar-refractivity contribution < 1.29 is 9.47 Å². The van der Waals surface area contributed by atoms with E-state index in [0.29, 0.717) is 18.1 Å². The molecule has 126 valence electrons. The number of halogens is 1. The summed E-state index contributed by atoms with van der Waals surface area (Å²) in [6.07, 6.45) is 5.28. The highest BCUT2D eigenvalue weighted by molar-refractivity contribution is 9.10. The van der Waals surface area contributed by atoms with Gasteiger partial charge in [-0.25, -0.2) is 0 Å². The molecule has 0 aliphatic rings. The molecule has 4 heteroatoms. The van der Waals surface area contributed by atoms with Gasteiger partial charge in [-0.3, -0.25) is 0 Å². The van der Waals surface area contributed by atoms with Crippen molar-refractivity contribution in [1.82, 2.24) is 5.32 Å². The molecule has 1 N–H and O–H groups in total. The van der Waals surface area contributed by atoms with E-state index in [-0.39, 0.29) is 12.6 Å². The highest BCUT2D eigenvalue weighted by Crippen LogP contribution is 2.37. The first-order chi connectivity index (χ1) is 11.7. The Hall–Kier alpha value is -1.96. The molecule has 1 atom stereocenters. The molecule has 0 saturated carbocycles. The monoisotopic (exact) mass is 387 g/mol. The fourth-order valence-electron chi connectivity index (χ4n) is 2.37. The van der Waals surface area contributed by atoms with Crippen LogP contribution in [0.5, 0.6) is 11.5 Å². The van der Waals surface area contributed by atoms with Crippen molar-refractivity contribution in [2.75, 3.05) is 13.2 Å². The molecule has 0 fully saturated rings. The Labute approximate surface area is 152 Å². The van der Waals surface area contributed by atoms with Crippen LogP contribution < -0.4 is 14.8 Å². The summed E-state index contributed by atoms with van der Waals surface area (Å²) in [5.74, 6) is 3.82. The van der Waals surface area contributed by atoms with Crippen LogP contribution in [0, 0.1) is 12.3 Å². The van der Waals surface area contributed by atoms with Crippen molar-refractivity contribution >= 4 is 15.9 Å². The molecule has 0 radical (unpaired) electrons. The van der Waals surface area contributed by atoms with Gasteiger partial charge in [-0.05, 0) is 53.0 Å². The van der Waals surface area contributed by atoms with Gasteiger partial charge in [-0.2, -0.15) is 0 Å². The van der Waals surface area contributed by atoms with Crippen LogP contribution in [0.25, 0.3) is 0 Å². The van der Waals surface area contributed by atoms with Gasteiger partial charge in [0.25, 0.3) is 0 Å². The molecule has 24 heavy (non-hydrogen) atoms. The first-order valence-electron chi connectivity index (χ1n) is 7.95. The number of ether oxygens (including phenoxy) is 2. The van der Waals surface area contributed by atoms with Crippen molar-refractivity contribution in [3.05, 3.63) is 58.1 Å². The standard InChI is InChI=1S/C20H22BrNO2/c1-4-11-24-20-18(21)12-16(13-19(20)23-5-2)14-22-15(3)17-9-7-6-8-10-17/h1,6-10,12-13,15,22H,5,11,14H2,2-3H3. The Morgan fingerprint density at radius 2 is 1.96 bits per heavy atom. The van der Waals surface area contributed by atoms with Crippen LogP contribution in [0.1, 0.15) is 31.0 Å². The van der Waals surface area contributed by atoms with Gasteiger partial charge in [0.05, 0.1) is 11.1 Å². The Morgan fingerprint density at radius 3 is 2.62 bits per heavy atom. The molecule has 3 nitrogen and oxygen atoms in total. The normalized spacial score (nSPS) is 11.6. The summed E-state index contributed by atoms with van der Waals surface area (Å²) in [5, 5.41) is 3.52. The average Bonchev–Trinajstić information content (AvgIpc) is 2.60. The van der Waals surface area contributed by atoms with Gasteiger partial charge in [-0.15, -0.1) is 6.42 Å². The highest BCUT2D eigenvalue weighted by Gasteiger charge is 2.13. The molecule has 0 aliphatic heterocycles. The summed E-state index contributed by atoms with van der Waals surface area (Å²) in [6, 6.07) is 14.6. The quantitative estimate of drug-likeness (QED) is 0.665. The lowest BCUT2D eigenvalue weighted by Crippen LogP contribution is -2.18. The van der Waals surface area contributed by atoms with E-state index in [2.05, 4.69) is 58.4 Å². The second kappa shape index (κ2) is 9.36. The maximum absolute atomic E-state index is 5.70. The lowest BCUT2D eigenvalue weighted by molar-refractivity contribution is 0.297. The molecule has 0 aromatic heterocycles. The zero-order chi connectivity index (χ0) is 17.4. The number of terminal acetylenes is 1. The summed E-state index contributed by atoms with van der Waals surface area (Å²) in [5.41, 5.74) is 2.37. The molecule has 0 amide bonds. The predicted octanol–water partition coefficient (Wildman–Crippen LogP) is 4.71. The summed E-state index contributed by atoms with van der Waals surface area (Å²) in [4.78, 5) is 0. The van der Waals surface area contributed by atoms with Crippen LogP contribution >= 0.6 is 15.9 Å². The smallest absolute Gasteiger partial charge is 0.176 e. The maximum atomic E-state index is 5.70. The number of hydrogen-bond acceptors (Lipinski definition) is 3. The van der Waals surface area contributed by atoms with Gasteiger partial charge in [0.15, 0.2) is 11.5 Å². The summed E-state index contributed by atoms with van der Waals surface area (Å²) < 4.78 is 12.1. The van der Waals surface area contributed by atoms with Crippen molar-refractivity contribution in [3.63, 3.8) is 0 Å². The van der Waals surface area contributed by atoms with Crippen LogP contribution in [0.2, 0.25) is 0 Å². The summed E-state index contributed by atoms with van der Waals surface area (Å²) in [7, 11) is 0. The maximum Gasteiger partial charge on any atom is 0.176 e. The topological polar surface area (TPSA) is 30.5 Å². The molecule has 2 aromatic carbocycles. The van der Waals surface area contributed by atoms with E-state index >= 15 is 0 Å². The first-order valence-corrected chi connectivity index (χ1v) is 8.74. The zero-order valence-electron chi connectivity index (χ0n) is 14.0. The van der Waals surface area contributed by atoms with Gasteiger partial charge in [-0.1, -0.05) is 36.3 Å². The molecule has 0 spiro atoms. The van der Waals surface area contributed by atoms with Crippen LogP contribution in [0.4, 0.5) is 0 Å². The van der Waals surface area contributed by atoms with Crippen LogP contribution in [0.3, 0.4) is 0 Å². The third kappa shape index (κ3) is 5.02. The number of nitrogens with one attached hydrogen (secondary N) is 1. The minimum atomic E-state index is 0.210. The van der Waals surface area contributed by atoms with Gasteiger partial charge in [0, 0.05) is 12.6 Å². The molecule has 0 heterocycles. The van der Waals surface area contributed by atoms with E-state index in [1.807, 2.05) is 25.1 Å². The lowest BCUT2D eigenvalue weighted by atomic mass is 10.1. The minimum absolute atomic E-state index is 0.210. The molecule has 1 unspecified atom stereocenters. The van der Waals surface area contributed by atoms with Crippen molar-refractivity contribution in [2.45, 2.75) is 26.4 Å². The van der Waals surface area contributed by atoms with Crippen molar-refractivity contribution in [1.29, 1.82) is 0 Å². The second-order valence-electron chi connectivity index (χ2n) is 5.34.